The van der Waals surface area contributed by atoms with Crippen LogP contribution < -0.4 is 10.1 Å². The van der Waals surface area contributed by atoms with Gasteiger partial charge < -0.3 is 10.1 Å². The second-order valence-corrected chi connectivity index (χ2v) is 5.16. The first-order valence-corrected chi connectivity index (χ1v) is 7.08. The van der Waals surface area contributed by atoms with Crippen LogP contribution in [0.5, 0.6) is 5.75 Å². The minimum atomic E-state index is -0.0894. The van der Waals surface area contributed by atoms with E-state index in [1.807, 2.05) is 31.2 Å². The van der Waals surface area contributed by atoms with Gasteiger partial charge in [0, 0.05) is 6.20 Å². The van der Waals surface area contributed by atoms with Gasteiger partial charge in [-0.25, -0.2) is 0 Å². The number of benzene rings is 1. The van der Waals surface area contributed by atoms with Crippen molar-refractivity contribution in [1.29, 1.82) is 0 Å². The molecule has 0 radical (unpaired) electrons. The molecule has 0 aliphatic carbocycles. The van der Waals surface area contributed by atoms with Crippen LogP contribution in [0.15, 0.2) is 41.1 Å². The largest absolute Gasteiger partial charge is 0.492 e. The quantitative estimate of drug-likeness (QED) is 0.821. The number of aryl methyl sites for hydroxylation is 1. The smallest absolute Gasteiger partial charge is 0.241 e. The average molecular weight is 338 g/mol. The Morgan fingerprint density at radius 2 is 2.30 bits per heavy atom. The summed E-state index contributed by atoms with van der Waals surface area (Å²) in [4.78, 5) is 11.6. The van der Waals surface area contributed by atoms with E-state index in [0.29, 0.717) is 17.8 Å². The van der Waals surface area contributed by atoms with Gasteiger partial charge >= 0.3 is 0 Å². The number of hydrogen-bond donors (Lipinski definition) is 1. The molecule has 5 nitrogen and oxygen atoms in total. The van der Waals surface area contributed by atoms with Crippen molar-refractivity contribution in [1.82, 2.24) is 15.1 Å². The van der Waals surface area contributed by atoms with E-state index in [1.54, 1.807) is 16.9 Å². The molecule has 1 aromatic carbocycles. The van der Waals surface area contributed by atoms with Crippen LogP contribution in [-0.2, 0) is 11.3 Å². The second-order valence-electron chi connectivity index (χ2n) is 4.35. The maximum absolute atomic E-state index is 11.6. The fraction of sp³-hybridized carbons (Fsp3) is 0.286. The van der Waals surface area contributed by atoms with Crippen molar-refractivity contribution in [2.45, 2.75) is 13.5 Å². The van der Waals surface area contributed by atoms with Crippen LogP contribution in [0.3, 0.4) is 0 Å². The van der Waals surface area contributed by atoms with Crippen molar-refractivity contribution in [2.75, 3.05) is 13.2 Å². The molecular weight excluding hydrogens is 322 g/mol. The van der Waals surface area contributed by atoms with Crippen molar-refractivity contribution in [2.24, 2.45) is 0 Å². The summed E-state index contributed by atoms with van der Waals surface area (Å²) in [7, 11) is 0. The number of carbonyl (C=O) groups excluding carboxylic acids is 1. The van der Waals surface area contributed by atoms with E-state index in [-0.39, 0.29) is 12.5 Å². The van der Waals surface area contributed by atoms with Crippen molar-refractivity contribution in [3.8, 4) is 5.75 Å². The third-order valence-electron chi connectivity index (χ3n) is 2.60. The highest BCUT2D eigenvalue weighted by Crippen LogP contribution is 2.11. The van der Waals surface area contributed by atoms with E-state index in [4.69, 9.17) is 4.74 Å². The van der Waals surface area contributed by atoms with Crippen LogP contribution in [0.25, 0.3) is 0 Å². The molecule has 1 amide bonds. The summed E-state index contributed by atoms with van der Waals surface area (Å²) in [6.45, 7) is 3.13. The Bertz CT molecular complexity index is 583. The van der Waals surface area contributed by atoms with E-state index in [2.05, 4.69) is 26.3 Å². The van der Waals surface area contributed by atoms with Crippen molar-refractivity contribution < 1.29 is 9.53 Å². The van der Waals surface area contributed by atoms with Gasteiger partial charge in [0.05, 0.1) is 6.54 Å². The molecule has 2 rings (SSSR count). The zero-order valence-electron chi connectivity index (χ0n) is 11.2. The minimum absolute atomic E-state index is 0.0894. The van der Waals surface area contributed by atoms with E-state index >= 15 is 0 Å². The minimum Gasteiger partial charge on any atom is -0.492 e. The first kappa shape index (κ1) is 14.6. The Labute approximate surface area is 126 Å². The summed E-state index contributed by atoms with van der Waals surface area (Å²) in [5.74, 6) is 0.726. The van der Waals surface area contributed by atoms with Crippen LogP contribution in [-0.4, -0.2) is 28.8 Å². The number of amides is 1. The van der Waals surface area contributed by atoms with Gasteiger partial charge in [-0.1, -0.05) is 12.1 Å². The van der Waals surface area contributed by atoms with Gasteiger partial charge in [0.25, 0.3) is 0 Å². The Balaban J connectivity index is 1.67. The summed E-state index contributed by atoms with van der Waals surface area (Å²) in [6.07, 6.45) is 1.74. The zero-order chi connectivity index (χ0) is 14.4. The lowest BCUT2D eigenvalue weighted by Crippen LogP contribution is -2.31. The van der Waals surface area contributed by atoms with Crippen molar-refractivity contribution >= 4 is 21.8 Å². The van der Waals surface area contributed by atoms with E-state index < -0.39 is 0 Å². The van der Waals surface area contributed by atoms with Gasteiger partial charge in [-0.2, -0.15) is 5.10 Å². The molecule has 0 unspecified atom stereocenters. The Kier molecular flexibility index (Phi) is 5.17. The van der Waals surface area contributed by atoms with Gasteiger partial charge in [0.2, 0.25) is 5.91 Å². The molecule has 20 heavy (non-hydrogen) atoms. The molecule has 106 valence electrons. The molecule has 6 heteroatoms. The molecule has 0 aliphatic heterocycles. The second kappa shape index (κ2) is 7.09. The normalized spacial score (nSPS) is 10.3. The topological polar surface area (TPSA) is 56.1 Å². The monoisotopic (exact) mass is 337 g/mol. The summed E-state index contributed by atoms with van der Waals surface area (Å²) < 4.78 is 7.83. The predicted molar refractivity (Wildman–Crippen MR) is 79.6 cm³/mol. The van der Waals surface area contributed by atoms with Crippen LogP contribution in [0, 0.1) is 6.92 Å². The van der Waals surface area contributed by atoms with Gasteiger partial charge in [0.15, 0.2) is 0 Å². The van der Waals surface area contributed by atoms with Gasteiger partial charge in [-0.15, -0.1) is 0 Å². The summed E-state index contributed by atoms with van der Waals surface area (Å²) in [5.41, 5.74) is 1.15. The molecular formula is C14H16BrN3O2. The maximum atomic E-state index is 11.6. The first-order chi connectivity index (χ1) is 9.63. The molecule has 0 saturated heterocycles. The maximum Gasteiger partial charge on any atom is 0.241 e. The summed E-state index contributed by atoms with van der Waals surface area (Å²) in [6, 6.07) is 9.60. The number of carbonyl (C=O) groups is 1. The number of rotatable bonds is 6. The molecule has 0 atom stereocenters. The highest BCUT2D eigenvalue weighted by Gasteiger charge is 2.03. The van der Waals surface area contributed by atoms with Crippen molar-refractivity contribution in [3.05, 3.63) is 46.7 Å². The Hall–Kier alpha value is -1.82. The molecule has 0 spiro atoms. The molecule has 0 saturated carbocycles. The highest BCUT2D eigenvalue weighted by molar-refractivity contribution is 9.10. The van der Waals surface area contributed by atoms with Gasteiger partial charge in [0.1, 0.15) is 23.5 Å². The SMILES string of the molecule is Cc1cccc(OCCNC(=O)Cn2ccc(Br)n2)c1. The lowest BCUT2D eigenvalue weighted by Gasteiger charge is -2.08. The fourth-order valence-electron chi connectivity index (χ4n) is 1.69. The van der Waals surface area contributed by atoms with Crippen molar-refractivity contribution in [3.63, 3.8) is 0 Å². The number of hydrogen-bond acceptors (Lipinski definition) is 3. The predicted octanol–water partition coefficient (Wildman–Crippen LogP) is 2.15. The van der Waals surface area contributed by atoms with Crippen LogP contribution in [0.1, 0.15) is 5.56 Å². The number of halogens is 1. The fourth-order valence-corrected chi connectivity index (χ4v) is 2.01. The number of ether oxygens (including phenoxy) is 1. The number of nitrogens with zero attached hydrogens (tertiary/aromatic N) is 2. The number of aromatic nitrogens is 2. The highest BCUT2D eigenvalue weighted by atomic mass is 79.9. The van der Waals surface area contributed by atoms with E-state index in [0.717, 1.165) is 11.3 Å². The summed E-state index contributed by atoms with van der Waals surface area (Å²) in [5, 5.41) is 6.86. The average Bonchev–Trinajstić information content (AvgIpc) is 2.80. The number of nitrogens with one attached hydrogen (secondary N) is 1. The Morgan fingerprint density at radius 3 is 3.00 bits per heavy atom. The van der Waals surface area contributed by atoms with Crippen LogP contribution in [0.2, 0.25) is 0 Å². The van der Waals surface area contributed by atoms with E-state index in [9.17, 15) is 4.79 Å². The molecule has 1 aromatic heterocycles. The van der Waals surface area contributed by atoms with E-state index in [1.165, 1.54) is 0 Å². The molecule has 0 bridgehead atoms. The molecule has 0 fully saturated rings. The molecule has 1 N–H and O–H groups in total. The van der Waals surface area contributed by atoms with Crippen LogP contribution >= 0.6 is 15.9 Å². The third-order valence-corrected chi connectivity index (χ3v) is 3.02. The molecule has 0 aliphatic rings. The third kappa shape index (κ3) is 4.70. The zero-order valence-corrected chi connectivity index (χ0v) is 12.8. The molecule has 1 heterocycles. The lowest BCUT2D eigenvalue weighted by atomic mass is 10.2. The van der Waals surface area contributed by atoms with Crippen LogP contribution in [0.4, 0.5) is 0 Å². The van der Waals surface area contributed by atoms with Gasteiger partial charge in [-0.05, 0) is 46.6 Å². The lowest BCUT2D eigenvalue weighted by molar-refractivity contribution is -0.121. The Morgan fingerprint density at radius 1 is 1.45 bits per heavy atom. The first-order valence-electron chi connectivity index (χ1n) is 6.28. The molecule has 2 aromatic rings. The summed E-state index contributed by atoms with van der Waals surface area (Å²) >= 11 is 3.23. The van der Waals surface area contributed by atoms with Gasteiger partial charge in [-0.3, -0.25) is 9.48 Å². The standard InChI is InChI=1S/C14H16BrN3O2/c1-11-3-2-4-12(9-11)20-8-6-16-14(19)10-18-7-5-13(15)17-18/h2-5,7,9H,6,8,10H2,1H3,(H,16,19).